The Bertz CT molecular complexity index is 712. The molecule has 0 aliphatic heterocycles. The summed E-state index contributed by atoms with van der Waals surface area (Å²) >= 11 is 3.39. The molecule has 1 aromatic carbocycles. The van der Waals surface area contributed by atoms with Crippen LogP contribution in [0.1, 0.15) is 24.3 Å². The largest absolute Gasteiger partial charge is 0.461 e. The van der Waals surface area contributed by atoms with Crippen molar-refractivity contribution in [2.45, 2.75) is 13.8 Å². The van der Waals surface area contributed by atoms with E-state index in [1.165, 1.54) is 11.8 Å². The number of amides is 1. The zero-order chi connectivity index (χ0) is 16.3. The van der Waals surface area contributed by atoms with Gasteiger partial charge in [0.05, 0.1) is 24.2 Å². The Hall–Kier alpha value is -2.15. The second-order valence-electron chi connectivity index (χ2n) is 4.59. The first-order valence-corrected chi connectivity index (χ1v) is 7.50. The fourth-order valence-electron chi connectivity index (χ4n) is 1.88. The second-order valence-corrected chi connectivity index (χ2v) is 5.50. The SMILES string of the molecule is CCOC(=O)c1nn(-c2cccc(Br)c2)cc1N(C)C(C)=O. The Kier molecular flexibility index (Phi) is 4.97. The van der Waals surface area contributed by atoms with Crippen LogP contribution in [0.2, 0.25) is 0 Å². The van der Waals surface area contributed by atoms with Crippen molar-refractivity contribution in [3.8, 4) is 5.69 Å². The molecule has 1 heterocycles. The van der Waals surface area contributed by atoms with E-state index in [4.69, 9.17) is 4.74 Å². The van der Waals surface area contributed by atoms with E-state index >= 15 is 0 Å². The minimum atomic E-state index is -0.556. The third-order valence-electron chi connectivity index (χ3n) is 3.07. The topological polar surface area (TPSA) is 64.4 Å². The van der Waals surface area contributed by atoms with Gasteiger partial charge in [-0.15, -0.1) is 0 Å². The number of anilines is 1. The average Bonchev–Trinajstić information content (AvgIpc) is 2.91. The summed E-state index contributed by atoms with van der Waals surface area (Å²) in [7, 11) is 1.59. The number of rotatable bonds is 4. The molecular formula is C15H16BrN3O3. The van der Waals surface area contributed by atoms with Crippen LogP contribution in [0.4, 0.5) is 5.69 Å². The third kappa shape index (κ3) is 3.36. The second kappa shape index (κ2) is 6.74. The van der Waals surface area contributed by atoms with Crippen molar-refractivity contribution in [1.82, 2.24) is 9.78 Å². The van der Waals surface area contributed by atoms with E-state index in [1.807, 2.05) is 24.3 Å². The van der Waals surface area contributed by atoms with Crippen molar-refractivity contribution in [3.63, 3.8) is 0 Å². The molecule has 0 fully saturated rings. The lowest BCUT2D eigenvalue weighted by Gasteiger charge is -2.13. The molecule has 2 aromatic rings. The summed E-state index contributed by atoms with van der Waals surface area (Å²) < 4.78 is 7.45. The average molecular weight is 366 g/mol. The summed E-state index contributed by atoms with van der Waals surface area (Å²) in [6.07, 6.45) is 1.63. The number of ether oxygens (including phenoxy) is 1. The summed E-state index contributed by atoms with van der Waals surface area (Å²) in [5.74, 6) is -0.751. The predicted molar refractivity (Wildman–Crippen MR) is 86.3 cm³/mol. The molecule has 7 heteroatoms. The van der Waals surface area contributed by atoms with Crippen LogP contribution in [-0.4, -0.2) is 35.3 Å². The molecule has 0 radical (unpaired) electrons. The molecule has 1 aromatic heterocycles. The van der Waals surface area contributed by atoms with Gasteiger partial charge in [-0.25, -0.2) is 9.48 Å². The predicted octanol–water partition coefficient (Wildman–Crippen LogP) is 2.79. The number of benzene rings is 1. The number of hydrogen-bond donors (Lipinski definition) is 0. The zero-order valence-electron chi connectivity index (χ0n) is 12.5. The lowest BCUT2D eigenvalue weighted by atomic mass is 10.3. The summed E-state index contributed by atoms with van der Waals surface area (Å²) in [6.45, 7) is 3.38. The molecule has 0 unspecified atom stereocenters. The molecule has 22 heavy (non-hydrogen) atoms. The van der Waals surface area contributed by atoms with E-state index in [0.29, 0.717) is 5.69 Å². The highest BCUT2D eigenvalue weighted by molar-refractivity contribution is 9.10. The highest BCUT2D eigenvalue weighted by atomic mass is 79.9. The molecule has 0 bridgehead atoms. The van der Waals surface area contributed by atoms with Gasteiger partial charge in [-0.3, -0.25) is 4.79 Å². The van der Waals surface area contributed by atoms with Crippen molar-refractivity contribution in [1.29, 1.82) is 0 Å². The maximum atomic E-state index is 12.1. The van der Waals surface area contributed by atoms with Crippen LogP contribution in [0.15, 0.2) is 34.9 Å². The fraction of sp³-hybridized carbons (Fsp3) is 0.267. The summed E-state index contributed by atoms with van der Waals surface area (Å²) in [6, 6.07) is 7.46. The molecule has 0 aliphatic rings. The monoisotopic (exact) mass is 365 g/mol. The Balaban J connectivity index is 2.52. The maximum absolute atomic E-state index is 12.1. The fourth-order valence-corrected chi connectivity index (χ4v) is 2.26. The van der Waals surface area contributed by atoms with Gasteiger partial charge in [-0.2, -0.15) is 5.10 Å². The van der Waals surface area contributed by atoms with Gasteiger partial charge in [0, 0.05) is 18.4 Å². The lowest BCUT2D eigenvalue weighted by molar-refractivity contribution is -0.116. The van der Waals surface area contributed by atoms with Gasteiger partial charge in [-0.1, -0.05) is 22.0 Å². The van der Waals surface area contributed by atoms with Crippen molar-refractivity contribution in [2.24, 2.45) is 0 Å². The van der Waals surface area contributed by atoms with Crippen LogP contribution in [-0.2, 0) is 9.53 Å². The van der Waals surface area contributed by atoms with Crippen molar-refractivity contribution >= 4 is 33.5 Å². The molecule has 6 nitrogen and oxygen atoms in total. The molecule has 0 spiro atoms. The Morgan fingerprint density at radius 3 is 2.73 bits per heavy atom. The van der Waals surface area contributed by atoms with Crippen LogP contribution < -0.4 is 4.90 Å². The van der Waals surface area contributed by atoms with Crippen LogP contribution in [0.25, 0.3) is 5.69 Å². The van der Waals surface area contributed by atoms with Crippen molar-refractivity contribution in [3.05, 3.63) is 40.6 Å². The number of aromatic nitrogens is 2. The lowest BCUT2D eigenvalue weighted by Crippen LogP contribution is -2.24. The number of esters is 1. The van der Waals surface area contributed by atoms with E-state index in [9.17, 15) is 9.59 Å². The maximum Gasteiger partial charge on any atom is 0.361 e. The Morgan fingerprint density at radius 1 is 1.41 bits per heavy atom. The van der Waals surface area contributed by atoms with E-state index in [0.717, 1.165) is 10.2 Å². The number of carbonyl (C=O) groups excluding carboxylic acids is 2. The first-order chi connectivity index (χ1) is 10.4. The zero-order valence-corrected chi connectivity index (χ0v) is 14.1. The number of nitrogens with zero attached hydrogens (tertiary/aromatic N) is 3. The smallest absolute Gasteiger partial charge is 0.361 e. The molecule has 0 atom stereocenters. The van der Waals surface area contributed by atoms with Crippen LogP contribution in [0.3, 0.4) is 0 Å². The van der Waals surface area contributed by atoms with Gasteiger partial charge in [0.1, 0.15) is 0 Å². The summed E-state index contributed by atoms with van der Waals surface area (Å²) in [5.41, 5.74) is 1.29. The van der Waals surface area contributed by atoms with Gasteiger partial charge in [0.15, 0.2) is 5.69 Å². The van der Waals surface area contributed by atoms with Gasteiger partial charge in [0.25, 0.3) is 0 Å². The summed E-state index contributed by atoms with van der Waals surface area (Å²) in [5, 5.41) is 4.27. The minimum Gasteiger partial charge on any atom is -0.461 e. The minimum absolute atomic E-state index is 0.111. The number of hydrogen-bond acceptors (Lipinski definition) is 4. The third-order valence-corrected chi connectivity index (χ3v) is 3.56. The van der Waals surface area contributed by atoms with E-state index < -0.39 is 5.97 Å². The first-order valence-electron chi connectivity index (χ1n) is 6.71. The van der Waals surface area contributed by atoms with Crippen LogP contribution in [0.5, 0.6) is 0 Å². The highest BCUT2D eigenvalue weighted by Crippen LogP contribution is 2.23. The molecule has 0 saturated carbocycles. The van der Waals surface area contributed by atoms with Gasteiger partial charge < -0.3 is 9.64 Å². The van der Waals surface area contributed by atoms with Gasteiger partial charge in [-0.05, 0) is 25.1 Å². The highest BCUT2D eigenvalue weighted by Gasteiger charge is 2.23. The van der Waals surface area contributed by atoms with E-state index in [-0.39, 0.29) is 18.2 Å². The summed E-state index contributed by atoms with van der Waals surface area (Å²) in [4.78, 5) is 25.0. The first kappa shape index (κ1) is 16.2. The molecular weight excluding hydrogens is 350 g/mol. The van der Waals surface area contributed by atoms with Crippen LogP contribution >= 0.6 is 15.9 Å². The van der Waals surface area contributed by atoms with Gasteiger partial charge >= 0.3 is 5.97 Å². The van der Waals surface area contributed by atoms with Gasteiger partial charge in [0.2, 0.25) is 5.91 Å². The molecule has 2 rings (SSSR count). The van der Waals surface area contributed by atoms with E-state index in [1.54, 1.807) is 24.9 Å². The molecule has 0 saturated heterocycles. The number of carbonyl (C=O) groups is 2. The quantitative estimate of drug-likeness (QED) is 0.781. The van der Waals surface area contributed by atoms with Crippen molar-refractivity contribution < 1.29 is 14.3 Å². The molecule has 0 N–H and O–H groups in total. The molecule has 116 valence electrons. The number of halogens is 1. The van der Waals surface area contributed by atoms with Crippen molar-refractivity contribution in [2.75, 3.05) is 18.6 Å². The normalized spacial score (nSPS) is 10.4. The van der Waals surface area contributed by atoms with E-state index in [2.05, 4.69) is 21.0 Å². The van der Waals surface area contributed by atoms with Crippen LogP contribution in [0, 0.1) is 0 Å². The Labute approximate surface area is 136 Å². The Morgan fingerprint density at radius 2 is 2.14 bits per heavy atom. The molecule has 0 aliphatic carbocycles. The molecule has 1 amide bonds. The standard InChI is InChI=1S/C15H16BrN3O3/c1-4-22-15(21)14-13(18(3)10(2)20)9-19(17-14)12-7-5-6-11(16)8-12/h5-9H,4H2,1-3H3.